The van der Waals surface area contributed by atoms with E-state index < -0.39 is 0 Å². The number of aryl methyl sites for hydroxylation is 4. The molecule has 0 saturated carbocycles. The molecule has 0 aliphatic carbocycles. The quantitative estimate of drug-likeness (QED) is 0.150. The molecule has 0 radical (unpaired) electrons. The second-order valence-corrected chi connectivity index (χ2v) is 18.3. The zero-order valence-corrected chi connectivity index (χ0v) is 38.9. The Kier molecular flexibility index (Phi) is 10.6. The molecular weight excluding hydrogens is 833 g/mol. The number of hydrogen-bond donors (Lipinski definition) is 0. The smallest absolute Gasteiger partial charge is 0.164 e. The van der Waals surface area contributed by atoms with Gasteiger partial charge in [0.15, 0.2) is 34.9 Å². The fourth-order valence-corrected chi connectivity index (χ4v) is 8.97. The summed E-state index contributed by atoms with van der Waals surface area (Å²) in [4.78, 5) is 30.3. The van der Waals surface area contributed by atoms with Crippen molar-refractivity contribution in [3.63, 3.8) is 0 Å². The fraction of sp³-hybridized carbons (Fsp3) is 0.115. The van der Waals surface area contributed by atoms with E-state index in [0.29, 0.717) is 34.9 Å². The molecule has 8 aromatic carbocycles. The Morgan fingerprint density at radius 2 is 0.559 bits per heavy atom. The van der Waals surface area contributed by atoms with Gasteiger partial charge in [-0.1, -0.05) is 206 Å². The number of nitrogens with zero attached hydrogens (tertiary/aromatic N) is 6. The highest BCUT2D eigenvalue weighted by Crippen LogP contribution is 2.54. The van der Waals surface area contributed by atoms with E-state index in [1.165, 1.54) is 22.3 Å². The van der Waals surface area contributed by atoms with E-state index >= 15 is 0 Å². The number of rotatable bonds is 8. The second-order valence-electron chi connectivity index (χ2n) is 18.3. The minimum atomic E-state index is -0.385. The Hall–Kier alpha value is -8.42. The first-order valence-electron chi connectivity index (χ1n) is 23.0. The summed E-state index contributed by atoms with van der Waals surface area (Å²) in [5.41, 5.74) is 16.0. The summed E-state index contributed by atoms with van der Waals surface area (Å²) in [5, 5.41) is 0. The summed E-state index contributed by atoms with van der Waals surface area (Å²) in [6.07, 6.45) is 0. The van der Waals surface area contributed by atoms with Crippen LogP contribution in [0.3, 0.4) is 0 Å². The van der Waals surface area contributed by atoms with Crippen molar-refractivity contribution >= 4 is 0 Å². The lowest BCUT2D eigenvalue weighted by Gasteiger charge is -2.36. The summed E-state index contributed by atoms with van der Waals surface area (Å²) in [7, 11) is 0. The molecule has 3 heterocycles. The van der Waals surface area contributed by atoms with E-state index in [-0.39, 0.29) is 5.41 Å². The molecular formula is C61H48N6O. The third-order valence-corrected chi connectivity index (χ3v) is 13.0. The Morgan fingerprint density at radius 3 is 0.868 bits per heavy atom. The van der Waals surface area contributed by atoms with E-state index in [1.54, 1.807) is 0 Å². The van der Waals surface area contributed by atoms with E-state index in [0.717, 1.165) is 78.3 Å². The zero-order chi connectivity index (χ0) is 46.5. The van der Waals surface area contributed by atoms with E-state index in [4.69, 9.17) is 34.6 Å². The van der Waals surface area contributed by atoms with Gasteiger partial charge >= 0.3 is 0 Å². The van der Waals surface area contributed by atoms with Crippen LogP contribution in [-0.2, 0) is 5.41 Å². The molecule has 0 fully saturated rings. The number of ether oxygens (including phenoxy) is 1. The van der Waals surface area contributed by atoms with Crippen molar-refractivity contribution in [2.45, 2.75) is 47.0 Å². The lowest BCUT2D eigenvalue weighted by atomic mass is 9.74. The molecule has 0 spiro atoms. The van der Waals surface area contributed by atoms with Gasteiger partial charge < -0.3 is 4.74 Å². The third kappa shape index (κ3) is 8.02. The first kappa shape index (κ1) is 42.2. The first-order valence-corrected chi connectivity index (χ1v) is 23.0. The Labute approximate surface area is 397 Å². The predicted octanol–water partition coefficient (Wildman–Crippen LogP) is 15.1. The summed E-state index contributed by atoms with van der Waals surface area (Å²) in [5.74, 6) is 5.35. The topological polar surface area (TPSA) is 86.6 Å². The zero-order valence-electron chi connectivity index (χ0n) is 38.9. The molecule has 7 heteroatoms. The van der Waals surface area contributed by atoms with Crippen molar-refractivity contribution in [2.75, 3.05) is 0 Å². The molecule has 1 aliphatic rings. The van der Waals surface area contributed by atoms with E-state index in [9.17, 15) is 0 Å². The van der Waals surface area contributed by atoms with Gasteiger partial charge in [0.25, 0.3) is 0 Å². The number of benzene rings is 8. The molecule has 2 aromatic heterocycles. The van der Waals surface area contributed by atoms with Crippen LogP contribution in [0.15, 0.2) is 182 Å². The van der Waals surface area contributed by atoms with Crippen molar-refractivity contribution in [3.05, 3.63) is 215 Å². The Morgan fingerprint density at radius 1 is 0.294 bits per heavy atom. The molecule has 328 valence electrons. The monoisotopic (exact) mass is 880 g/mol. The number of para-hydroxylation sites is 2. The van der Waals surface area contributed by atoms with Gasteiger partial charge in [0, 0.05) is 61.0 Å². The average Bonchev–Trinajstić information content (AvgIpc) is 3.37. The fourth-order valence-electron chi connectivity index (χ4n) is 8.97. The van der Waals surface area contributed by atoms with Crippen molar-refractivity contribution in [1.82, 2.24) is 29.9 Å². The molecule has 68 heavy (non-hydrogen) atoms. The third-order valence-electron chi connectivity index (χ3n) is 13.0. The molecule has 0 unspecified atom stereocenters. The van der Waals surface area contributed by atoms with Gasteiger partial charge in [-0.05, 0) is 51.0 Å². The average molecular weight is 881 g/mol. The predicted molar refractivity (Wildman–Crippen MR) is 274 cm³/mol. The van der Waals surface area contributed by atoms with Crippen LogP contribution in [0.4, 0.5) is 0 Å². The highest BCUT2D eigenvalue weighted by atomic mass is 16.5. The van der Waals surface area contributed by atoms with Crippen LogP contribution in [-0.4, -0.2) is 29.9 Å². The van der Waals surface area contributed by atoms with Gasteiger partial charge in [-0.25, -0.2) is 29.9 Å². The van der Waals surface area contributed by atoms with Gasteiger partial charge in [-0.3, -0.25) is 0 Å². The highest BCUT2D eigenvalue weighted by Gasteiger charge is 2.37. The molecule has 1 aliphatic heterocycles. The molecule has 0 amide bonds. The van der Waals surface area contributed by atoms with Gasteiger partial charge in [0.2, 0.25) is 0 Å². The van der Waals surface area contributed by atoms with Crippen LogP contribution < -0.4 is 4.74 Å². The van der Waals surface area contributed by atoms with Gasteiger partial charge in [0.1, 0.15) is 11.5 Å². The van der Waals surface area contributed by atoms with E-state index in [1.807, 2.05) is 0 Å². The molecule has 0 atom stereocenters. The van der Waals surface area contributed by atoms with Gasteiger partial charge in [-0.15, -0.1) is 0 Å². The summed E-state index contributed by atoms with van der Waals surface area (Å²) in [6, 6.07) is 63.0. The first-order chi connectivity index (χ1) is 33.0. The maximum atomic E-state index is 7.24. The highest BCUT2D eigenvalue weighted by molar-refractivity contribution is 5.83. The van der Waals surface area contributed by atoms with Crippen LogP contribution in [0.1, 0.15) is 47.2 Å². The molecule has 7 nitrogen and oxygen atoms in total. The SMILES string of the molecule is Cc1ccc(-c2nc(-c3ccc(C)cc3)nc(-c3cccc(-c4cccc5c4Oc4c(-c6cccc(-c7nc(-c8ccc(C)cc8)nc(-c8ccc(C)cc8)n7)c6)cccc4C5(C)C)c3)n2)cc1. The molecule has 0 bridgehead atoms. The van der Waals surface area contributed by atoms with Gasteiger partial charge in [0.05, 0.1) is 0 Å². The lowest BCUT2D eigenvalue weighted by molar-refractivity contribution is 0.421. The van der Waals surface area contributed by atoms with Crippen LogP contribution in [0.25, 0.3) is 90.6 Å². The normalized spacial score (nSPS) is 12.5. The maximum Gasteiger partial charge on any atom is 0.164 e. The largest absolute Gasteiger partial charge is 0.455 e. The summed E-state index contributed by atoms with van der Waals surface area (Å²) >= 11 is 0. The van der Waals surface area contributed by atoms with E-state index in [2.05, 4.69) is 224 Å². The van der Waals surface area contributed by atoms with Crippen molar-refractivity contribution in [1.29, 1.82) is 0 Å². The van der Waals surface area contributed by atoms with Crippen molar-refractivity contribution in [3.8, 4) is 102 Å². The minimum Gasteiger partial charge on any atom is -0.455 e. The molecule has 0 N–H and O–H groups in total. The molecule has 11 rings (SSSR count). The minimum absolute atomic E-state index is 0.385. The maximum absolute atomic E-state index is 7.24. The number of fused-ring (bicyclic) bond motifs is 2. The van der Waals surface area contributed by atoms with Crippen LogP contribution in [0, 0.1) is 27.7 Å². The van der Waals surface area contributed by atoms with Crippen LogP contribution >= 0.6 is 0 Å². The van der Waals surface area contributed by atoms with Crippen molar-refractivity contribution in [2.24, 2.45) is 0 Å². The Balaban J connectivity index is 0.991. The molecule has 10 aromatic rings. The van der Waals surface area contributed by atoms with Crippen LogP contribution in [0.2, 0.25) is 0 Å². The Bertz CT molecular complexity index is 3160. The molecule has 0 saturated heterocycles. The standard InChI is InChI=1S/C61H48N6O/c1-37-19-27-41(28-20-37)55-62-56(42-29-21-38(2)22-30-42)65-59(64-55)47-13-7-11-45(35-47)49-15-9-17-51-53(49)68-54-50(16-10-18-52(54)61(51,5)6)46-12-8-14-48(36-46)60-66-57(43-31-23-39(3)24-32-43)63-58(67-60)44-33-25-40(4)26-34-44/h7-36H,1-6H3. The lowest BCUT2D eigenvalue weighted by Crippen LogP contribution is -2.25. The second kappa shape index (κ2) is 17.1. The van der Waals surface area contributed by atoms with Crippen LogP contribution in [0.5, 0.6) is 11.5 Å². The number of hydrogen-bond acceptors (Lipinski definition) is 7. The summed E-state index contributed by atoms with van der Waals surface area (Å²) < 4.78 is 7.24. The van der Waals surface area contributed by atoms with Crippen molar-refractivity contribution < 1.29 is 4.74 Å². The van der Waals surface area contributed by atoms with Gasteiger partial charge in [-0.2, -0.15) is 0 Å². The number of aromatic nitrogens is 6. The summed E-state index contributed by atoms with van der Waals surface area (Å²) in [6.45, 7) is 12.9.